The first-order valence-corrected chi connectivity index (χ1v) is 6.25. The molecule has 5 heavy (non-hydrogen) atoms. The Bertz CT molecular complexity index is 60.9. The van der Waals surface area contributed by atoms with E-state index in [0.717, 1.165) is 0.878 Å². The average Bonchev–Trinajstić information content (AvgIpc) is 1.36. The Hall–Kier alpha value is 2.41. The fraction of sp³-hybridized carbons (Fsp3) is 0. The largest absolute Gasteiger partial charge is 0.118 e. The molecule has 0 aromatic carbocycles. The van der Waals surface area contributed by atoms with E-state index in [0.29, 0.717) is 0 Å². The predicted octanol–water partition coefficient (Wildman–Crippen LogP) is 2.76. The van der Waals surface area contributed by atoms with E-state index in [1.54, 1.807) is 0 Å². The van der Waals surface area contributed by atoms with Crippen molar-refractivity contribution >= 4 is 75.7 Å². The van der Waals surface area contributed by atoms with Crippen LogP contribution in [0.3, 0.4) is 0 Å². The van der Waals surface area contributed by atoms with Gasteiger partial charge < -0.3 is 0 Å². The molecule has 0 nitrogen and oxygen atoms in total. The smallest absolute Gasteiger partial charge is 0.109 e. The zero-order valence-corrected chi connectivity index (χ0v) is 9.33. The normalized spacial score (nSPS) is 17.0. The zero-order valence-electron chi connectivity index (χ0n) is 3.04. The van der Waals surface area contributed by atoms with Gasteiger partial charge in [0.1, 0.15) is 1.12 Å². The van der Waals surface area contributed by atoms with Crippen molar-refractivity contribution in [1.29, 1.82) is 1.12 Å². The summed E-state index contributed by atoms with van der Waals surface area (Å²) in [6.45, 7) is 0. The number of hydrogen-bond donors (Lipinski definition) is 1. The van der Waals surface area contributed by atoms with Gasteiger partial charge in [0.05, 0.1) is 0.878 Å². The topological polar surface area (TPSA) is 0 Å². The van der Waals surface area contributed by atoms with Crippen LogP contribution in [0, 0.1) is 0 Å². The van der Waals surface area contributed by atoms with Gasteiger partial charge in [0.2, 0.25) is 0 Å². The summed E-state index contributed by atoms with van der Waals surface area (Å²) in [6, 6.07) is 0. The molecule has 0 rings (SSSR count). The monoisotopic (exact) mass is 428 g/mol. The molecule has 0 fully saturated rings. The fourth-order valence-electron chi connectivity index (χ4n) is 0. The second-order valence-corrected chi connectivity index (χ2v) is 7.87. The number of hydrogen-bond acceptors (Lipinski definition) is 0. The number of halogens is 3. The van der Waals surface area contributed by atoms with Crippen molar-refractivity contribution in [2.24, 2.45) is 0 Å². The summed E-state index contributed by atoms with van der Waals surface area (Å²) in [4.78, 5) is 0. The first kappa shape index (κ1) is 5.54. The standard InChI is InChI=1S/CHI3S/c2-1(3)5-4/h5H/i5T. The molecule has 0 aromatic rings. The van der Waals surface area contributed by atoms with Crippen LogP contribution in [0.4, 0.5) is 0 Å². The minimum absolute atomic E-state index is 0.257. The molecule has 1 atom stereocenters. The molecule has 0 aliphatic rings. The fourth-order valence-corrected chi connectivity index (χ4v) is 0. The van der Waals surface area contributed by atoms with Gasteiger partial charge in [-0.2, -0.15) is 0 Å². The first-order chi connectivity index (χ1) is 2.64. The molecule has 4 heteroatoms. The minimum atomic E-state index is -0.257. The molecule has 0 bridgehead atoms. The van der Waals surface area contributed by atoms with Gasteiger partial charge in [0.25, 0.3) is 0 Å². The highest BCUT2D eigenvalue weighted by Gasteiger charge is 1.67. The summed E-state index contributed by atoms with van der Waals surface area (Å²) >= 11 is 6.38. The molecule has 0 N–H and O–H groups in total. The highest BCUT2D eigenvalue weighted by atomic mass is 127. The summed E-state index contributed by atoms with van der Waals surface area (Å²) in [5, 5.41) is 0. The first-order valence-electron chi connectivity index (χ1n) is 1.14. The van der Waals surface area contributed by atoms with E-state index in [9.17, 15) is 0 Å². The molecule has 0 aliphatic carbocycles. The quantitative estimate of drug-likeness (QED) is 0.261. The molecule has 0 spiro atoms. The van der Waals surface area contributed by atoms with Gasteiger partial charge in [-0.1, -0.05) is 0 Å². The molecule has 0 heterocycles. The van der Waals surface area contributed by atoms with Crippen molar-refractivity contribution < 1.29 is 0 Å². The Morgan fingerprint density at radius 3 is 2.00 bits per heavy atom. The van der Waals surface area contributed by atoms with Crippen LogP contribution in [0.15, 0.2) is 0 Å². The summed E-state index contributed by atoms with van der Waals surface area (Å²) < 4.78 is 8.13. The van der Waals surface area contributed by atoms with Crippen molar-refractivity contribution in [3.63, 3.8) is 0 Å². The van der Waals surface area contributed by atoms with Gasteiger partial charge in [-0.15, -0.1) is 8.43 Å². The lowest BCUT2D eigenvalue weighted by Crippen LogP contribution is -1.44. The van der Waals surface area contributed by atoms with E-state index in [1.807, 2.05) is 0 Å². The maximum atomic E-state index is 6.99. The van der Waals surface area contributed by atoms with Crippen LogP contribution in [-0.4, -0.2) is 2.00 Å². The summed E-state index contributed by atoms with van der Waals surface area (Å²) in [5.74, 6) is 0. The molecule has 0 saturated carbocycles. The zero-order chi connectivity index (χ0) is 5.15. The van der Waals surface area contributed by atoms with Gasteiger partial charge in [0.15, 0.2) is 0 Å². The van der Waals surface area contributed by atoms with Gasteiger partial charge in [-0.05, 0) is 66.4 Å². The van der Waals surface area contributed by atoms with E-state index < -0.39 is 0 Å². The lowest BCUT2D eigenvalue weighted by atomic mass is 12.0. The number of rotatable bonds is 0. The Morgan fingerprint density at radius 2 is 2.00 bits per heavy atom. The van der Waals surface area contributed by atoms with Crippen molar-refractivity contribution in [1.82, 2.24) is 0 Å². The second kappa shape index (κ2) is 4.57. The third-order valence-corrected chi connectivity index (χ3v) is 7.87. The van der Waals surface area contributed by atoms with Gasteiger partial charge in [-0.25, -0.2) is 0 Å². The SMILES string of the molecule is [3H]S(I)=C(I)I. The maximum absolute atomic E-state index is 6.99. The number of thiol groups is 1. The Kier molecular flexibility index (Phi) is 5.06. The summed E-state index contributed by atoms with van der Waals surface area (Å²) in [6.07, 6.45) is 0. The van der Waals surface area contributed by atoms with E-state index in [4.69, 9.17) is 1.12 Å². The lowest BCUT2D eigenvalue weighted by Gasteiger charge is -1.67. The van der Waals surface area contributed by atoms with E-state index in [2.05, 4.69) is 66.4 Å². The van der Waals surface area contributed by atoms with Crippen LogP contribution in [0.25, 0.3) is 0 Å². The van der Waals surface area contributed by atoms with Crippen LogP contribution < -0.4 is 0 Å². The van der Waals surface area contributed by atoms with Crippen molar-refractivity contribution in [3.05, 3.63) is 0 Å². The van der Waals surface area contributed by atoms with E-state index in [-0.39, 0.29) is 8.43 Å². The highest BCUT2D eigenvalue weighted by Crippen LogP contribution is 2.12. The van der Waals surface area contributed by atoms with Crippen LogP contribution in [0.2, 0.25) is 0 Å². The Labute approximate surface area is 75.4 Å². The molecule has 0 saturated heterocycles. The van der Waals surface area contributed by atoms with Gasteiger partial charge >= 0.3 is 0 Å². The summed E-state index contributed by atoms with van der Waals surface area (Å²) in [7, 11) is -0.257. The molecule has 32 valence electrons. The highest BCUT2D eigenvalue weighted by molar-refractivity contribution is 14.2. The van der Waals surface area contributed by atoms with E-state index in [1.165, 1.54) is 0 Å². The third-order valence-electron chi connectivity index (χ3n) is 0.0583. The second-order valence-electron chi connectivity index (χ2n) is 0.303. The minimum Gasteiger partial charge on any atom is -0.118 e. The lowest BCUT2D eigenvalue weighted by molar-refractivity contribution is 4.62. The van der Waals surface area contributed by atoms with E-state index >= 15 is 0 Å². The molecule has 0 aromatic heterocycles. The molecular formula is CHI3S. The van der Waals surface area contributed by atoms with Crippen LogP contribution in [-0.2, 0) is 0 Å². The Morgan fingerprint density at radius 1 is 1.80 bits per heavy atom. The molecule has 0 aliphatic heterocycles. The molecule has 1 unspecified atom stereocenters. The maximum Gasteiger partial charge on any atom is 0.109 e. The van der Waals surface area contributed by atoms with Crippen molar-refractivity contribution in [2.45, 2.75) is 0 Å². The van der Waals surface area contributed by atoms with Gasteiger partial charge in [0, 0.05) is 0 Å². The average molecular weight is 428 g/mol. The predicted molar refractivity (Wildman–Crippen MR) is 56.1 cm³/mol. The molecule has 0 radical (unpaired) electrons. The molecule has 0 amide bonds. The third kappa shape index (κ3) is 6.41. The molecular weight excluding hydrogens is 425 g/mol. The van der Waals surface area contributed by atoms with Crippen LogP contribution >= 0.6 is 74.8 Å². The van der Waals surface area contributed by atoms with Crippen LogP contribution in [0.5, 0.6) is 0 Å². The van der Waals surface area contributed by atoms with Gasteiger partial charge in [-0.3, -0.25) is 0 Å². The van der Waals surface area contributed by atoms with Crippen molar-refractivity contribution in [2.75, 3.05) is 0 Å². The van der Waals surface area contributed by atoms with Crippen molar-refractivity contribution in [3.8, 4) is 0 Å². The van der Waals surface area contributed by atoms with Crippen LogP contribution in [0.1, 0.15) is 0 Å². The Balaban J connectivity index is 3.68. The summed E-state index contributed by atoms with van der Waals surface area (Å²) in [5.41, 5.74) is 0.